The summed E-state index contributed by atoms with van der Waals surface area (Å²) < 4.78 is 23.2. The molecule has 0 amide bonds. The van der Waals surface area contributed by atoms with Crippen molar-refractivity contribution in [1.82, 2.24) is 0 Å². The van der Waals surface area contributed by atoms with E-state index in [0.717, 1.165) is 6.07 Å². The Kier molecular flexibility index (Phi) is 3.23. The largest absolute Gasteiger partial charge is 0.423 e. The van der Waals surface area contributed by atoms with E-state index in [2.05, 4.69) is 0 Å². The molecule has 0 spiro atoms. The number of carbonyl (C=O) groups excluding carboxylic acids is 1. The van der Waals surface area contributed by atoms with E-state index in [-0.39, 0.29) is 11.3 Å². The molecule has 21 heavy (non-hydrogen) atoms. The Bertz CT molecular complexity index is 883. The van der Waals surface area contributed by atoms with Crippen LogP contribution < -0.4 is 10.4 Å². The van der Waals surface area contributed by atoms with Gasteiger partial charge in [0.15, 0.2) is 0 Å². The minimum absolute atomic E-state index is 0.101. The third-order valence-corrected chi connectivity index (χ3v) is 2.87. The van der Waals surface area contributed by atoms with Crippen molar-refractivity contribution in [3.8, 4) is 5.75 Å². The molecule has 5 heteroatoms. The zero-order valence-electron chi connectivity index (χ0n) is 10.7. The van der Waals surface area contributed by atoms with Crippen LogP contribution in [0.1, 0.15) is 10.4 Å². The number of rotatable bonds is 2. The van der Waals surface area contributed by atoms with Crippen LogP contribution in [-0.2, 0) is 0 Å². The quantitative estimate of drug-likeness (QED) is 0.412. The second-order valence-electron chi connectivity index (χ2n) is 4.35. The summed E-state index contributed by atoms with van der Waals surface area (Å²) >= 11 is 0. The second kappa shape index (κ2) is 5.20. The van der Waals surface area contributed by atoms with Gasteiger partial charge in [0.05, 0.1) is 5.56 Å². The van der Waals surface area contributed by atoms with Crippen LogP contribution in [0.5, 0.6) is 5.75 Å². The first-order valence-corrected chi connectivity index (χ1v) is 6.13. The minimum Gasteiger partial charge on any atom is -0.423 e. The van der Waals surface area contributed by atoms with Crippen LogP contribution in [0.4, 0.5) is 4.39 Å². The number of carbonyl (C=O) groups is 1. The van der Waals surface area contributed by atoms with Gasteiger partial charge in [-0.2, -0.15) is 0 Å². The molecule has 1 heterocycles. The summed E-state index contributed by atoms with van der Waals surface area (Å²) in [5.74, 6) is -0.993. The average molecular weight is 284 g/mol. The lowest BCUT2D eigenvalue weighted by Crippen LogP contribution is -2.08. The van der Waals surface area contributed by atoms with E-state index >= 15 is 0 Å². The summed E-state index contributed by atoms with van der Waals surface area (Å²) in [6.45, 7) is 0. The van der Waals surface area contributed by atoms with Gasteiger partial charge >= 0.3 is 11.6 Å². The van der Waals surface area contributed by atoms with E-state index in [9.17, 15) is 14.0 Å². The van der Waals surface area contributed by atoms with Crippen molar-refractivity contribution >= 4 is 16.9 Å². The Morgan fingerprint density at radius 1 is 1.05 bits per heavy atom. The summed E-state index contributed by atoms with van der Waals surface area (Å²) in [6, 6.07) is 12.8. The van der Waals surface area contributed by atoms with E-state index in [1.165, 1.54) is 30.3 Å². The Hall–Kier alpha value is -2.95. The van der Waals surface area contributed by atoms with Gasteiger partial charge < -0.3 is 9.15 Å². The maximum Gasteiger partial charge on any atom is 0.343 e. The summed E-state index contributed by atoms with van der Waals surface area (Å²) in [7, 11) is 0. The molecule has 0 aliphatic carbocycles. The van der Waals surface area contributed by atoms with Crippen LogP contribution in [0, 0.1) is 5.82 Å². The van der Waals surface area contributed by atoms with Crippen LogP contribution >= 0.6 is 0 Å². The molecule has 2 aromatic carbocycles. The molecule has 0 fully saturated rings. The molecular weight excluding hydrogens is 275 g/mol. The topological polar surface area (TPSA) is 56.5 Å². The molecule has 0 radical (unpaired) electrons. The highest BCUT2D eigenvalue weighted by Gasteiger charge is 2.10. The number of esters is 1. The third-order valence-electron chi connectivity index (χ3n) is 2.87. The molecule has 0 unspecified atom stereocenters. The maximum atomic E-state index is 13.1. The molecule has 3 aromatic rings. The van der Waals surface area contributed by atoms with Crippen molar-refractivity contribution in [1.29, 1.82) is 0 Å². The maximum absolute atomic E-state index is 13.1. The zero-order valence-corrected chi connectivity index (χ0v) is 10.7. The van der Waals surface area contributed by atoms with E-state index in [1.54, 1.807) is 18.2 Å². The van der Waals surface area contributed by atoms with Crippen molar-refractivity contribution < 1.29 is 18.3 Å². The van der Waals surface area contributed by atoms with Crippen LogP contribution in [0.3, 0.4) is 0 Å². The van der Waals surface area contributed by atoms with Crippen molar-refractivity contribution in [2.24, 2.45) is 0 Å². The molecule has 0 bridgehead atoms. The number of benzene rings is 2. The fraction of sp³-hybridized carbons (Fsp3) is 0. The summed E-state index contributed by atoms with van der Waals surface area (Å²) in [5.41, 5.74) is -0.0761. The Morgan fingerprint density at radius 2 is 1.86 bits per heavy atom. The van der Waals surface area contributed by atoms with Crippen LogP contribution in [0.25, 0.3) is 11.0 Å². The predicted molar refractivity (Wildman–Crippen MR) is 73.8 cm³/mol. The monoisotopic (exact) mass is 284 g/mol. The van der Waals surface area contributed by atoms with Gasteiger partial charge in [-0.3, -0.25) is 0 Å². The van der Waals surface area contributed by atoms with Gasteiger partial charge in [0.2, 0.25) is 0 Å². The second-order valence-corrected chi connectivity index (χ2v) is 4.35. The zero-order chi connectivity index (χ0) is 14.8. The molecular formula is C16H9FO4. The minimum atomic E-state index is -0.688. The molecule has 0 saturated carbocycles. The number of ether oxygens (including phenoxy) is 1. The molecule has 0 saturated heterocycles. The Labute approximate surface area is 118 Å². The number of hydrogen-bond acceptors (Lipinski definition) is 4. The molecule has 0 atom stereocenters. The third kappa shape index (κ3) is 2.81. The Morgan fingerprint density at radius 3 is 2.67 bits per heavy atom. The lowest BCUT2D eigenvalue weighted by atomic mass is 10.2. The van der Waals surface area contributed by atoms with Gasteiger partial charge in [0.1, 0.15) is 17.1 Å². The van der Waals surface area contributed by atoms with Crippen molar-refractivity contribution in [2.45, 2.75) is 0 Å². The molecule has 104 valence electrons. The molecule has 0 aliphatic rings. The van der Waals surface area contributed by atoms with E-state index in [4.69, 9.17) is 9.15 Å². The van der Waals surface area contributed by atoms with E-state index in [1.807, 2.05) is 0 Å². The lowest BCUT2D eigenvalue weighted by molar-refractivity contribution is 0.0734. The number of fused-ring (bicyclic) bond motifs is 1. The van der Waals surface area contributed by atoms with Gasteiger partial charge in [-0.15, -0.1) is 0 Å². The first-order valence-electron chi connectivity index (χ1n) is 6.13. The Balaban J connectivity index is 1.91. The molecule has 4 nitrogen and oxygen atoms in total. The number of hydrogen-bond donors (Lipinski definition) is 0. The fourth-order valence-electron chi connectivity index (χ4n) is 1.89. The molecule has 0 N–H and O–H groups in total. The van der Waals surface area contributed by atoms with Crippen molar-refractivity contribution in [2.75, 3.05) is 0 Å². The van der Waals surface area contributed by atoms with Crippen LogP contribution in [-0.4, -0.2) is 5.97 Å². The van der Waals surface area contributed by atoms with Gasteiger partial charge in [-0.25, -0.2) is 14.0 Å². The summed E-state index contributed by atoms with van der Waals surface area (Å²) in [4.78, 5) is 23.0. The number of halogens is 1. The van der Waals surface area contributed by atoms with Crippen molar-refractivity contribution in [3.63, 3.8) is 0 Å². The highest BCUT2D eigenvalue weighted by atomic mass is 19.1. The van der Waals surface area contributed by atoms with Gasteiger partial charge in [0, 0.05) is 17.5 Å². The standard InChI is InChI=1S/C16H9FO4/c17-12-3-1-2-11(8-12)16(19)20-13-6-4-10-5-7-15(18)21-14(10)9-13/h1-9H. The van der Waals surface area contributed by atoms with Gasteiger partial charge in [-0.1, -0.05) is 6.07 Å². The van der Waals surface area contributed by atoms with E-state index < -0.39 is 17.4 Å². The van der Waals surface area contributed by atoms with Crippen LogP contribution in [0.15, 0.2) is 63.8 Å². The molecule has 3 rings (SSSR count). The summed E-state index contributed by atoms with van der Waals surface area (Å²) in [6.07, 6.45) is 0. The predicted octanol–water partition coefficient (Wildman–Crippen LogP) is 3.15. The molecule has 0 aliphatic heterocycles. The highest BCUT2D eigenvalue weighted by Crippen LogP contribution is 2.20. The van der Waals surface area contributed by atoms with Gasteiger partial charge in [-0.05, 0) is 36.4 Å². The first-order chi connectivity index (χ1) is 10.1. The first kappa shape index (κ1) is 13.1. The normalized spacial score (nSPS) is 10.5. The smallest absolute Gasteiger partial charge is 0.343 e. The van der Waals surface area contributed by atoms with Crippen LogP contribution in [0.2, 0.25) is 0 Å². The fourth-order valence-corrected chi connectivity index (χ4v) is 1.89. The summed E-state index contributed by atoms with van der Waals surface area (Å²) in [5, 5.41) is 0.708. The van der Waals surface area contributed by atoms with Crippen molar-refractivity contribution in [3.05, 3.63) is 76.4 Å². The highest BCUT2D eigenvalue weighted by molar-refractivity contribution is 5.91. The molecule has 1 aromatic heterocycles. The SMILES string of the molecule is O=C(Oc1ccc2ccc(=O)oc2c1)c1cccc(F)c1. The van der Waals surface area contributed by atoms with E-state index in [0.29, 0.717) is 11.0 Å². The lowest BCUT2D eigenvalue weighted by Gasteiger charge is -2.05. The average Bonchev–Trinajstić information content (AvgIpc) is 2.46. The van der Waals surface area contributed by atoms with Gasteiger partial charge in [0.25, 0.3) is 0 Å².